The Labute approximate surface area is 110 Å². The number of carbonyl (C=O) groups excluding carboxylic acids is 1. The standard InChI is InChI=1S/C15H26O3/c1-10(17-11(2)16)6-7-12-14(3,4)13-8-9-15(12,5)18-13/h10,12-13H,6-9H2,1-5H3/t10?,12-,13-,15+/m0/s1. The number of esters is 1. The summed E-state index contributed by atoms with van der Waals surface area (Å²) < 4.78 is 11.4. The minimum Gasteiger partial charge on any atom is -0.463 e. The van der Waals surface area contributed by atoms with E-state index in [2.05, 4.69) is 20.8 Å². The summed E-state index contributed by atoms with van der Waals surface area (Å²) >= 11 is 0. The van der Waals surface area contributed by atoms with E-state index in [1.807, 2.05) is 6.92 Å². The Hall–Kier alpha value is -0.570. The minimum absolute atomic E-state index is 0.0148. The van der Waals surface area contributed by atoms with Gasteiger partial charge in [0.05, 0.1) is 17.8 Å². The van der Waals surface area contributed by atoms with E-state index >= 15 is 0 Å². The van der Waals surface area contributed by atoms with E-state index in [0.717, 1.165) is 12.8 Å². The zero-order valence-electron chi connectivity index (χ0n) is 12.3. The topological polar surface area (TPSA) is 35.5 Å². The average Bonchev–Trinajstić information content (AvgIpc) is 2.67. The van der Waals surface area contributed by atoms with Crippen molar-refractivity contribution in [2.45, 2.75) is 78.1 Å². The van der Waals surface area contributed by atoms with Crippen molar-refractivity contribution in [2.24, 2.45) is 11.3 Å². The molecular formula is C15H26O3. The number of ether oxygens (including phenoxy) is 2. The van der Waals surface area contributed by atoms with Gasteiger partial charge in [0, 0.05) is 6.92 Å². The van der Waals surface area contributed by atoms with Crippen LogP contribution in [-0.2, 0) is 14.3 Å². The Morgan fingerprint density at radius 2 is 2.11 bits per heavy atom. The van der Waals surface area contributed by atoms with Gasteiger partial charge in [-0.3, -0.25) is 4.79 Å². The van der Waals surface area contributed by atoms with E-state index in [-0.39, 0.29) is 23.1 Å². The lowest BCUT2D eigenvalue weighted by Gasteiger charge is -2.39. The summed E-state index contributed by atoms with van der Waals surface area (Å²) in [4.78, 5) is 10.9. The Morgan fingerprint density at radius 3 is 2.61 bits per heavy atom. The third-order valence-corrected chi connectivity index (χ3v) is 5.01. The van der Waals surface area contributed by atoms with Crippen LogP contribution in [0.5, 0.6) is 0 Å². The van der Waals surface area contributed by atoms with Crippen LogP contribution in [0.1, 0.15) is 60.3 Å². The maximum absolute atomic E-state index is 10.9. The largest absolute Gasteiger partial charge is 0.463 e. The lowest BCUT2D eigenvalue weighted by Crippen LogP contribution is -2.40. The van der Waals surface area contributed by atoms with Crippen molar-refractivity contribution in [3.63, 3.8) is 0 Å². The van der Waals surface area contributed by atoms with Crippen LogP contribution in [0.25, 0.3) is 0 Å². The first kappa shape index (κ1) is 13.9. The van der Waals surface area contributed by atoms with E-state index in [0.29, 0.717) is 12.0 Å². The van der Waals surface area contributed by atoms with Gasteiger partial charge >= 0.3 is 5.97 Å². The fraction of sp³-hybridized carbons (Fsp3) is 0.933. The molecule has 4 atom stereocenters. The first-order valence-electron chi connectivity index (χ1n) is 7.11. The number of rotatable bonds is 4. The van der Waals surface area contributed by atoms with E-state index in [1.165, 1.54) is 19.8 Å². The van der Waals surface area contributed by atoms with Crippen molar-refractivity contribution in [1.29, 1.82) is 0 Å². The second-order valence-electron chi connectivity index (χ2n) is 6.83. The minimum atomic E-state index is -0.183. The molecule has 2 heterocycles. The number of hydrogen-bond acceptors (Lipinski definition) is 3. The normalized spacial score (nSPS) is 38.7. The smallest absolute Gasteiger partial charge is 0.302 e. The quantitative estimate of drug-likeness (QED) is 0.722. The van der Waals surface area contributed by atoms with Gasteiger partial charge in [-0.1, -0.05) is 13.8 Å². The van der Waals surface area contributed by atoms with Crippen molar-refractivity contribution < 1.29 is 14.3 Å². The van der Waals surface area contributed by atoms with Gasteiger partial charge in [0.1, 0.15) is 0 Å². The van der Waals surface area contributed by atoms with Crippen LogP contribution in [0.3, 0.4) is 0 Å². The molecular weight excluding hydrogens is 228 g/mol. The Morgan fingerprint density at radius 1 is 1.44 bits per heavy atom. The SMILES string of the molecule is CC(=O)OC(C)CC[C@H]1C(C)(C)[C@@H]2CC[C@@]1(C)O2. The second-order valence-corrected chi connectivity index (χ2v) is 6.83. The van der Waals surface area contributed by atoms with Crippen molar-refractivity contribution in [3.8, 4) is 0 Å². The Kier molecular flexibility index (Phi) is 3.48. The van der Waals surface area contributed by atoms with Gasteiger partial charge in [-0.25, -0.2) is 0 Å². The Balaban J connectivity index is 1.95. The van der Waals surface area contributed by atoms with Crippen LogP contribution < -0.4 is 0 Å². The summed E-state index contributed by atoms with van der Waals surface area (Å²) in [6.07, 6.45) is 4.80. The first-order chi connectivity index (χ1) is 8.25. The molecule has 0 aromatic carbocycles. The van der Waals surface area contributed by atoms with Crippen LogP contribution in [-0.4, -0.2) is 23.8 Å². The van der Waals surface area contributed by atoms with Gasteiger partial charge in [0.25, 0.3) is 0 Å². The van der Waals surface area contributed by atoms with Gasteiger partial charge < -0.3 is 9.47 Å². The zero-order valence-corrected chi connectivity index (χ0v) is 12.3. The maximum Gasteiger partial charge on any atom is 0.302 e. The van der Waals surface area contributed by atoms with Gasteiger partial charge in [-0.15, -0.1) is 0 Å². The van der Waals surface area contributed by atoms with Crippen molar-refractivity contribution >= 4 is 5.97 Å². The summed E-state index contributed by atoms with van der Waals surface area (Å²) in [5.41, 5.74) is 0.299. The molecule has 0 aromatic rings. The molecule has 2 rings (SSSR count). The lowest BCUT2D eigenvalue weighted by molar-refractivity contribution is -0.146. The Bertz CT molecular complexity index is 332. The molecule has 2 aliphatic heterocycles. The molecule has 0 N–H and O–H groups in total. The molecule has 0 aromatic heterocycles. The predicted octanol–water partition coefficient (Wildman–Crippen LogP) is 3.31. The highest BCUT2D eigenvalue weighted by atomic mass is 16.5. The summed E-state index contributed by atoms with van der Waals surface area (Å²) in [7, 11) is 0. The second kappa shape index (κ2) is 4.52. The van der Waals surface area contributed by atoms with Crippen LogP contribution in [0.2, 0.25) is 0 Å². The molecule has 1 unspecified atom stereocenters. The maximum atomic E-state index is 10.9. The van der Waals surface area contributed by atoms with E-state index in [9.17, 15) is 4.79 Å². The summed E-state index contributed by atoms with van der Waals surface area (Å²) in [6, 6.07) is 0. The van der Waals surface area contributed by atoms with Crippen LogP contribution in [0, 0.1) is 11.3 Å². The first-order valence-corrected chi connectivity index (χ1v) is 7.11. The van der Waals surface area contributed by atoms with Gasteiger partial charge in [0.15, 0.2) is 0 Å². The third-order valence-electron chi connectivity index (χ3n) is 5.01. The molecule has 3 heteroatoms. The molecule has 104 valence electrons. The predicted molar refractivity (Wildman–Crippen MR) is 70.2 cm³/mol. The van der Waals surface area contributed by atoms with E-state index < -0.39 is 0 Å². The van der Waals surface area contributed by atoms with Crippen LogP contribution in [0.4, 0.5) is 0 Å². The fourth-order valence-electron chi connectivity index (χ4n) is 4.07. The highest BCUT2D eigenvalue weighted by Gasteiger charge is 2.60. The van der Waals surface area contributed by atoms with Crippen molar-refractivity contribution in [2.75, 3.05) is 0 Å². The monoisotopic (exact) mass is 254 g/mol. The highest BCUT2D eigenvalue weighted by Crippen LogP contribution is 2.59. The molecule has 0 saturated carbocycles. The summed E-state index contributed by atoms with van der Waals surface area (Å²) in [5.74, 6) is 0.388. The molecule has 0 aliphatic carbocycles. The molecule has 18 heavy (non-hydrogen) atoms. The molecule has 2 bridgehead atoms. The van der Waals surface area contributed by atoms with Crippen molar-refractivity contribution in [1.82, 2.24) is 0 Å². The molecule has 0 amide bonds. The van der Waals surface area contributed by atoms with Gasteiger partial charge in [-0.2, -0.15) is 0 Å². The molecule has 2 saturated heterocycles. The highest BCUT2D eigenvalue weighted by molar-refractivity contribution is 5.66. The van der Waals surface area contributed by atoms with Crippen LogP contribution in [0.15, 0.2) is 0 Å². The molecule has 2 fully saturated rings. The number of fused-ring (bicyclic) bond motifs is 2. The molecule has 2 aliphatic rings. The third kappa shape index (κ3) is 2.29. The van der Waals surface area contributed by atoms with Crippen molar-refractivity contribution in [3.05, 3.63) is 0 Å². The van der Waals surface area contributed by atoms with Gasteiger partial charge in [0.2, 0.25) is 0 Å². The van der Waals surface area contributed by atoms with E-state index in [4.69, 9.17) is 9.47 Å². The van der Waals surface area contributed by atoms with Gasteiger partial charge in [-0.05, 0) is 50.9 Å². The zero-order chi connectivity index (χ0) is 13.6. The van der Waals surface area contributed by atoms with Crippen LogP contribution >= 0.6 is 0 Å². The molecule has 0 radical (unpaired) electrons. The number of hydrogen-bond donors (Lipinski definition) is 0. The lowest BCUT2D eigenvalue weighted by atomic mass is 9.62. The molecule has 3 nitrogen and oxygen atoms in total. The number of carbonyl (C=O) groups is 1. The average molecular weight is 254 g/mol. The summed E-state index contributed by atoms with van der Waals surface area (Å²) in [6.45, 7) is 10.3. The van der Waals surface area contributed by atoms with E-state index in [1.54, 1.807) is 0 Å². The summed E-state index contributed by atoms with van der Waals surface area (Å²) in [5, 5.41) is 0. The molecule has 0 spiro atoms. The fourth-order valence-corrected chi connectivity index (χ4v) is 4.07.